The van der Waals surface area contributed by atoms with Gasteiger partial charge in [0.25, 0.3) is 6.43 Å². The topological polar surface area (TPSA) is 49.8 Å². The summed E-state index contributed by atoms with van der Waals surface area (Å²) < 4.78 is 24.3. The number of nitrogens with zero attached hydrogens (tertiary/aromatic N) is 2. The number of aromatic nitrogens is 2. The second-order valence-corrected chi connectivity index (χ2v) is 4.00. The third-order valence-electron chi connectivity index (χ3n) is 2.24. The fraction of sp³-hybridized carbons (Fsp3) is 0.667. The Balaban J connectivity index is 2.76. The molecular formula is C12H20F2N4. The minimum Gasteiger partial charge on any atom is -0.370 e. The van der Waals surface area contributed by atoms with Crippen LogP contribution in [0.25, 0.3) is 0 Å². The Morgan fingerprint density at radius 2 is 1.78 bits per heavy atom. The van der Waals surface area contributed by atoms with Gasteiger partial charge in [0.15, 0.2) is 0 Å². The van der Waals surface area contributed by atoms with Gasteiger partial charge in [0.05, 0.1) is 6.54 Å². The van der Waals surface area contributed by atoms with E-state index < -0.39 is 13.0 Å². The molecule has 0 saturated carbocycles. The summed E-state index contributed by atoms with van der Waals surface area (Å²) in [6.45, 7) is 4.49. The van der Waals surface area contributed by atoms with Gasteiger partial charge in [-0.25, -0.2) is 18.7 Å². The fourth-order valence-electron chi connectivity index (χ4n) is 1.45. The molecule has 6 heteroatoms. The van der Waals surface area contributed by atoms with Crippen molar-refractivity contribution in [3.8, 4) is 0 Å². The van der Waals surface area contributed by atoms with Crippen molar-refractivity contribution < 1.29 is 8.78 Å². The van der Waals surface area contributed by atoms with Crippen LogP contribution in [-0.4, -0.2) is 29.5 Å². The van der Waals surface area contributed by atoms with E-state index in [2.05, 4.69) is 27.5 Å². The number of aryl methyl sites for hydroxylation is 1. The Morgan fingerprint density at radius 1 is 1.11 bits per heavy atom. The van der Waals surface area contributed by atoms with Gasteiger partial charge in [0.2, 0.25) is 0 Å². The van der Waals surface area contributed by atoms with Gasteiger partial charge < -0.3 is 10.6 Å². The van der Waals surface area contributed by atoms with E-state index in [1.54, 1.807) is 6.07 Å². The third-order valence-corrected chi connectivity index (χ3v) is 2.24. The van der Waals surface area contributed by atoms with Gasteiger partial charge >= 0.3 is 0 Å². The Bertz CT molecular complexity index is 358. The number of rotatable bonds is 8. The minimum atomic E-state index is -2.39. The molecule has 0 radical (unpaired) electrons. The maximum atomic E-state index is 12.2. The highest BCUT2D eigenvalue weighted by molar-refractivity contribution is 5.47. The number of hydrogen-bond donors (Lipinski definition) is 2. The number of hydrogen-bond acceptors (Lipinski definition) is 4. The van der Waals surface area contributed by atoms with Crippen molar-refractivity contribution in [1.82, 2.24) is 9.97 Å². The molecule has 0 unspecified atom stereocenters. The molecule has 18 heavy (non-hydrogen) atoms. The molecule has 1 rings (SSSR count). The summed E-state index contributed by atoms with van der Waals surface area (Å²) in [4.78, 5) is 8.55. The lowest BCUT2D eigenvalue weighted by atomic mass is 10.3. The molecule has 0 saturated heterocycles. The Morgan fingerprint density at radius 3 is 2.33 bits per heavy atom. The van der Waals surface area contributed by atoms with Crippen molar-refractivity contribution in [2.75, 3.05) is 23.7 Å². The van der Waals surface area contributed by atoms with E-state index in [1.807, 2.05) is 6.92 Å². The Hall–Kier alpha value is -1.46. The van der Waals surface area contributed by atoms with E-state index in [4.69, 9.17) is 0 Å². The number of halogens is 2. The van der Waals surface area contributed by atoms with Crippen molar-refractivity contribution in [2.24, 2.45) is 0 Å². The van der Waals surface area contributed by atoms with Crippen LogP contribution in [0.15, 0.2) is 6.07 Å². The first-order valence-corrected chi connectivity index (χ1v) is 6.29. The van der Waals surface area contributed by atoms with Crippen LogP contribution in [0.3, 0.4) is 0 Å². The summed E-state index contributed by atoms with van der Waals surface area (Å²) >= 11 is 0. The summed E-state index contributed by atoms with van der Waals surface area (Å²) in [5, 5.41) is 5.76. The lowest BCUT2D eigenvalue weighted by Gasteiger charge is -2.10. The fourth-order valence-corrected chi connectivity index (χ4v) is 1.45. The molecule has 0 aromatic carbocycles. The molecule has 0 spiro atoms. The quantitative estimate of drug-likeness (QED) is 0.752. The van der Waals surface area contributed by atoms with Crippen LogP contribution < -0.4 is 10.6 Å². The maximum absolute atomic E-state index is 12.2. The van der Waals surface area contributed by atoms with E-state index in [0.717, 1.165) is 25.8 Å². The molecular weight excluding hydrogens is 238 g/mol. The Kier molecular flexibility index (Phi) is 6.32. The van der Waals surface area contributed by atoms with Crippen LogP contribution in [0.5, 0.6) is 0 Å². The molecule has 0 aliphatic carbocycles. The molecule has 1 aromatic heterocycles. The molecule has 0 atom stereocenters. The minimum absolute atomic E-state index is 0.393. The number of alkyl halides is 2. The van der Waals surface area contributed by atoms with E-state index in [0.29, 0.717) is 17.5 Å². The lowest BCUT2D eigenvalue weighted by Crippen LogP contribution is -2.13. The second-order valence-electron chi connectivity index (χ2n) is 4.00. The molecule has 1 aromatic rings. The highest BCUT2D eigenvalue weighted by atomic mass is 19.3. The van der Waals surface area contributed by atoms with Crippen molar-refractivity contribution in [2.45, 2.75) is 39.5 Å². The van der Waals surface area contributed by atoms with Gasteiger partial charge in [0, 0.05) is 19.0 Å². The smallest absolute Gasteiger partial charge is 0.255 e. The predicted octanol–water partition coefficient (Wildman–Crippen LogP) is 2.93. The zero-order chi connectivity index (χ0) is 13.4. The van der Waals surface area contributed by atoms with E-state index >= 15 is 0 Å². The average Bonchev–Trinajstić information content (AvgIpc) is 2.34. The molecule has 0 fully saturated rings. The molecule has 2 N–H and O–H groups in total. The van der Waals surface area contributed by atoms with Gasteiger partial charge in [-0.3, -0.25) is 0 Å². The lowest BCUT2D eigenvalue weighted by molar-refractivity contribution is 0.163. The van der Waals surface area contributed by atoms with Crippen LogP contribution in [0.1, 0.15) is 32.5 Å². The van der Waals surface area contributed by atoms with Crippen LogP contribution >= 0.6 is 0 Å². The zero-order valence-electron chi connectivity index (χ0n) is 10.8. The van der Waals surface area contributed by atoms with E-state index in [9.17, 15) is 8.78 Å². The number of nitrogens with one attached hydrogen (secondary N) is 2. The second kappa shape index (κ2) is 7.79. The van der Waals surface area contributed by atoms with Crippen molar-refractivity contribution in [3.05, 3.63) is 11.9 Å². The predicted molar refractivity (Wildman–Crippen MR) is 69.3 cm³/mol. The zero-order valence-corrected chi connectivity index (χ0v) is 10.8. The Labute approximate surface area is 106 Å². The monoisotopic (exact) mass is 258 g/mol. The van der Waals surface area contributed by atoms with Gasteiger partial charge in [-0.2, -0.15) is 0 Å². The molecule has 1 heterocycles. The SMILES string of the molecule is CCCNc1cc(NCC(F)F)nc(CCC)n1. The molecule has 0 bridgehead atoms. The molecule has 0 aliphatic heterocycles. The van der Waals surface area contributed by atoms with Gasteiger partial charge in [0.1, 0.15) is 17.5 Å². The van der Waals surface area contributed by atoms with Crippen LogP contribution in [0.2, 0.25) is 0 Å². The van der Waals surface area contributed by atoms with E-state index in [-0.39, 0.29) is 0 Å². The van der Waals surface area contributed by atoms with Crippen molar-refractivity contribution >= 4 is 11.6 Å². The first-order chi connectivity index (χ1) is 8.65. The summed E-state index contributed by atoms with van der Waals surface area (Å²) in [6.07, 6.45) is 0.255. The normalized spacial score (nSPS) is 10.7. The summed E-state index contributed by atoms with van der Waals surface area (Å²) in [5.74, 6) is 1.81. The van der Waals surface area contributed by atoms with Crippen molar-refractivity contribution in [1.29, 1.82) is 0 Å². The van der Waals surface area contributed by atoms with Gasteiger partial charge in [-0.15, -0.1) is 0 Å². The van der Waals surface area contributed by atoms with E-state index in [1.165, 1.54) is 0 Å². The summed E-state index contributed by atoms with van der Waals surface area (Å²) in [5.41, 5.74) is 0. The maximum Gasteiger partial charge on any atom is 0.255 e. The van der Waals surface area contributed by atoms with Crippen LogP contribution in [-0.2, 0) is 6.42 Å². The summed E-state index contributed by atoms with van der Waals surface area (Å²) in [7, 11) is 0. The first-order valence-electron chi connectivity index (χ1n) is 6.29. The summed E-state index contributed by atoms with van der Waals surface area (Å²) in [6, 6.07) is 1.66. The molecule has 0 amide bonds. The van der Waals surface area contributed by atoms with Crippen molar-refractivity contribution in [3.63, 3.8) is 0 Å². The van der Waals surface area contributed by atoms with Crippen LogP contribution in [0, 0.1) is 0 Å². The largest absolute Gasteiger partial charge is 0.370 e. The highest BCUT2D eigenvalue weighted by Gasteiger charge is 2.06. The molecule has 102 valence electrons. The highest BCUT2D eigenvalue weighted by Crippen LogP contribution is 2.13. The molecule has 4 nitrogen and oxygen atoms in total. The molecule has 0 aliphatic rings. The third kappa shape index (κ3) is 5.25. The average molecular weight is 258 g/mol. The standard InChI is InChI=1S/C12H20F2N4/c1-3-5-10-17-11(15-6-4-2)7-12(18-10)16-8-9(13)14/h7,9H,3-6,8H2,1-2H3,(H2,15,16,17,18). The van der Waals surface area contributed by atoms with Crippen LogP contribution in [0.4, 0.5) is 20.4 Å². The first kappa shape index (κ1) is 14.6. The van der Waals surface area contributed by atoms with Gasteiger partial charge in [-0.05, 0) is 12.8 Å². The number of anilines is 2. The van der Waals surface area contributed by atoms with Gasteiger partial charge in [-0.1, -0.05) is 13.8 Å².